The largest absolute Gasteiger partial charge is 0.491 e. The van der Waals surface area contributed by atoms with Crippen LogP contribution in [0.1, 0.15) is 25.0 Å². The SMILES string of the molecule is CCN(CC)Cc1ccc(OCC2COC(Cn3ccnc3)(c3ccc(Cl)cc3Cl)O2)cc1. The quantitative estimate of drug-likeness (QED) is 0.382. The summed E-state index contributed by atoms with van der Waals surface area (Å²) in [5, 5.41) is 1.05. The molecule has 0 N–H and O–H groups in total. The van der Waals surface area contributed by atoms with Gasteiger partial charge in [0, 0.05) is 29.5 Å². The van der Waals surface area contributed by atoms with Gasteiger partial charge >= 0.3 is 0 Å². The monoisotopic (exact) mass is 489 g/mol. The molecule has 2 atom stereocenters. The maximum absolute atomic E-state index is 6.53. The molecule has 1 fully saturated rings. The Labute approximate surface area is 205 Å². The van der Waals surface area contributed by atoms with Gasteiger partial charge in [0.15, 0.2) is 0 Å². The van der Waals surface area contributed by atoms with Gasteiger partial charge in [0.2, 0.25) is 5.79 Å². The van der Waals surface area contributed by atoms with Gasteiger partial charge in [0.1, 0.15) is 18.5 Å². The molecule has 0 spiro atoms. The van der Waals surface area contributed by atoms with Gasteiger partial charge < -0.3 is 18.8 Å². The van der Waals surface area contributed by atoms with Crippen molar-refractivity contribution >= 4 is 23.2 Å². The molecule has 6 nitrogen and oxygen atoms in total. The number of nitrogens with zero attached hydrogens (tertiary/aromatic N) is 3. The zero-order valence-corrected chi connectivity index (χ0v) is 20.4. The van der Waals surface area contributed by atoms with Crippen molar-refractivity contribution in [2.24, 2.45) is 0 Å². The lowest BCUT2D eigenvalue weighted by molar-refractivity contribution is -0.189. The predicted octanol–water partition coefficient (Wildman–Crippen LogP) is 5.38. The van der Waals surface area contributed by atoms with Gasteiger partial charge in [-0.15, -0.1) is 0 Å². The highest BCUT2D eigenvalue weighted by Crippen LogP contribution is 2.40. The van der Waals surface area contributed by atoms with E-state index in [1.165, 1.54) is 5.56 Å². The third-order valence-corrected chi connectivity index (χ3v) is 6.36. The van der Waals surface area contributed by atoms with Crippen molar-refractivity contribution in [3.63, 3.8) is 0 Å². The van der Waals surface area contributed by atoms with Crippen LogP contribution < -0.4 is 4.74 Å². The molecule has 1 aliphatic heterocycles. The minimum atomic E-state index is -1.05. The zero-order valence-electron chi connectivity index (χ0n) is 18.9. The molecule has 1 saturated heterocycles. The van der Waals surface area contributed by atoms with Crippen molar-refractivity contribution in [3.05, 3.63) is 82.4 Å². The Balaban J connectivity index is 1.43. The molecular weight excluding hydrogens is 461 g/mol. The second kappa shape index (κ2) is 10.9. The lowest BCUT2D eigenvalue weighted by Gasteiger charge is -2.30. The van der Waals surface area contributed by atoms with Crippen LogP contribution in [0, 0.1) is 0 Å². The molecule has 0 saturated carbocycles. The zero-order chi connectivity index (χ0) is 23.3. The van der Waals surface area contributed by atoms with Gasteiger partial charge in [-0.25, -0.2) is 4.98 Å². The first kappa shape index (κ1) is 24.0. The average molecular weight is 490 g/mol. The maximum Gasteiger partial charge on any atom is 0.215 e. The minimum Gasteiger partial charge on any atom is -0.491 e. The van der Waals surface area contributed by atoms with Crippen LogP contribution in [-0.4, -0.2) is 46.9 Å². The Hall–Kier alpha value is -2.09. The van der Waals surface area contributed by atoms with E-state index in [1.807, 2.05) is 29.0 Å². The maximum atomic E-state index is 6.53. The summed E-state index contributed by atoms with van der Waals surface area (Å²) in [5.41, 5.74) is 1.99. The average Bonchev–Trinajstić information content (AvgIpc) is 3.47. The lowest BCUT2D eigenvalue weighted by Crippen LogP contribution is -2.34. The summed E-state index contributed by atoms with van der Waals surface area (Å²) in [6.45, 7) is 8.51. The fraction of sp³-hybridized carbons (Fsp3) is 0.400. The first-order chi connectivity index (χ1) is 16.0. The highest BCUT2D eigenvalue weighted by atomic mass is 35.5. The first-order valence-electron chi connectivity index (χ1n) is 11.2. The van der Waals surface area contributed by atoms with E-state index in [0.717, 1.165) is 30.9 Å². The van der Waals surface area contributed by atoms with Crippen molar-refractivity contribution in [3.8, 4) is 5.75 Å². The van der Waals surface area contributed by atoms with E-state index >= 15 is 0 Å². The third-order valence-electron chi connectivity index (χ3n) is 5.81. The molecule has 2 heterocycles. The van der Waals surface area contributed by atoms with Crippen LogP contribution in [0.2, 0.25) is 10.0 Å². The molecule has 0 radical (unpaired) electrons. The Morgan fingerprint density at radius 3 is 2.61 bits per heavy atom. The highest BCUT2D eigenvalue weighted by Gasteiger charge is 2.45. The Bertz CT molecular complexity index is 1030. The Kier molecular flexibility index (Phi) is 7.94. The van der Waals surface area contributed by atoms with Crippen molar-refractivity contribution in [1.82, 2.24) is 14.5 Å². The molecule has 1 aliphatic rings. The van der Waals surface area contributed by atoms with E-state index in [9.17, 15) is 0 Å². The molecule has 0 bridgehead atoms. The molecule has 4 rings (SSSR count). The molecular formula is C25H29Cl2N3O3. The summed E-state index contributed by atoms with van der Waals surface area (Å²) in [5.74, 6) is -0.247. The fourth-order valence-corrected chi connectivity index (χ4v) is 4.51. The Morgan fingerprint density at radius 1 is 1.15 bits per heavy atom. The topological polar surface area (TPSA) is 48.8 Å². The molecule has 2 unspecified atom stereocenters. The van der Waals surface area contributed by atoms with Crippen LogP contribution in [0.5, 0.6) is 5.75 Å². The summed E-state index contributed by atoms with van der Waals surface area (Å²) >= 11 is 12.6. The molecule has 176 valence electrons. The highest BCUT2D eigenvalue weighted by molar-refractivity contribution is 6.35. The lowest BCUT2D eigenvalue weighted by atomic mass is 10.1. The summed E-state index contributed by atoms with van der Waals surface area (Å²) < 4.78 is 20.6. The van der Waals surface area contributed by atoms with Crippen molar-refractivity contribution in [2.75, 3.05) is 26.3 Å². The van der Waals surface area contributed by atoms with E-state index < -0.39 is 5.79 Å². The summed E-state index contributed by atoms with van der Waals surface area (Å²) in [4.78, 5) is 6.50. The summed E-state index contributed by atoms with van der Waals surface area (Å²) in [6.07, 6.45) is 5.05. The number of aromatic nitrogens is 2. The number of ether oxygens (including phenoxy) is 3. The second-order valence-electron chi connectivity index (χ2n) is 8.08. The third kappa shape index (κ3) is 5.89. The molecule has 33 heavy (non-hydrogen) atoms. The van der Waals surface area contributed by atoms with E-state index in [4.69, 9.17) is 37.4 Å². The normalized spacial score (nSPS) is 20.5. The second-order valence-corrected chi connectivity index (χ2v) is 8.92. The van der Waals surface area contributed by atoms with Crippen LogP contribution in [0.3, 0.4) is 0 Å². The number of imidazole rings is 1. The van der Waals surface area contributed by atoms with Crippen molar-refractivity contribution in [2.45, 2.75) is 38.8 Å². The van der Waals surface area contributed by atoms with E-state index in [0.29, 0.717) is 29.8 Å². The molecule has 0 amide bonds. The van der Waals surface area contributed by atoms with Crippen molar-refractivity contribution < 1.29 is 14.2 Å². The van der Waals surface area contributed by atoms with E-state index in [1.54, 1.807) is 24.7 Å². The van der Waals surface area contributed by atoms with Crippen LogP contribution in [-0.2, 0) is 28.4 Å². The molecule has 2 aromatic carbocycles. The summed E-state index contributed by atoms with van der Waals surface area (Å²) in [6, 6.07) is 13.6. The number of benzene rings is 2. The predicted molar refractivity (Wildman–Crippen MR) is 130 cm³/mol. The molecule has 0 aliphatic carbocycles. The van der Waals surface area contributed by atoms with Gasteiger partial charge in [-0.3, -0.25) is 4.90 Å². The Morgan fingerprint density at radius 2 is 1.94 bits per heavy atom. The van der Waals surface area contributed by atoms with Crippen LogP contribution >= 0.6 is 23.2 Å². The van der Waals surface area contributed by atoms with Gasteiger partial charge in [0.05, 0.1) is 24.5 Å². The minimum absolute atomic E-state index is 0.254. The number of hydrogen-bond donors (Lipinski definition) is 0. The number of rotatable bonds is 10. The first-order valence-corrected chi connectivity index (χ1v) is 11.9. The fourth-order valence-electron chi connectivity index (χ4n) is 3.96. The number of hydrogen-bond acceptors (Lipinski definition) is 5. The van der Waals surface area contributed by atoms with Gasteiger partial charge in [-0.2, -0.15) is 0 Å². The molecule has 8 heteroatoms. The number of halogens is 2. The smallest absolute Gasteiger partial charge is 0.215 e. The molecule has 1 aromatic heterocycles. The van der Waals surface area contributed by atoms with E-state index in [-0.39, 0.29) is 6.10 Å². The molecule has 3 aromatic rings. The van der Waals surface area contributed by atoms with Crippen LogP contribution in [0.4, 0.5) is 0 Å². The van der Waals surface area contributed by atoms with Crippen LogP contribution in [0.25, 0.3) is 0 Å². The van der Waals surface area contributed by atoms with Gasteiger partial charge in [0.25, 0.3) is 0 Å². The van der Waals surface area contributed by atoms with Gasteiger partial charge in [-0.1, -0.05) is 55.2 Å². The van der Waals surface area contributed by atoms with E-state index in [2.05, 4.69) is 35.9 Å². The van der Waals surface area contributed by atoms with Crippen LogP contribution in [0.15, 0.2) is 61.2 Å². The van der Waals surface area contributed by atoms with Crippen molar-refractivity contribution in [1.29, 1.82) is 0 Å². The van der Waals surface area contributed by atoms with Gasteiger partial charge in [-0.05, 0) is 42.9 Å². The standard InChI is InChI=1S/C25H29Cl2N3O3/c1-3-29(4-2)14-19-5-8-21(9-6-19)31-15-22-16-32-25(33-22,17-30-12-11-28-18-30)23-10-7-20(26)13-24(23)27/h5-13,18,22H,3-4,14-17H2,1-2H3. The summed E-state index contributed by atoms with van der Waals surface area (Å²) in [7, 11) is 0.